The van der Waals surface area contributed by atoms with Gasteiger partial charge < -0.3 is 23.4 Å². The van der Waals surface area contributed by atoms with Crippen LogP contribution in [0.15, 0.2) is 21.8 Å². The molecule has 18 heteroatoms. The Labute approximate surface area is 317 Å². The molecule has 53 heavy (non-hydrogen) atoms. The lowest BCUT2D eigenvalue weighted by atomic mass is 9.89. The largest absolute Gasteiger partial charge is 0.539 e. The number of Topliss-reactive ketones (excluding diaryl/α,β-unsaturated/α-hetero) is 1. The molecule has 0 aliphatic carbocycles. The molecule has 4 aliphatic heterocycles. The van der Waals surface area contributed by atoms with Crippen molar-refractivity contribution < 1.29 is 51.6 Å². The first kappa shape index (κ1) is 40.5. The molecule has 0 N–H and O–H groups in total. The fourth-order valence-corrected chi connectivity index (χ4v) is 9.62. The predicted octanol–water partition coefficient (Wildman–Crippen LogP) is 2.91. The van der Waals surface area contributed by atoms with E-state index in [0.717, 1.165) is 24.3 Å². The summed E-state index contributed by atoms with van der Waals surface area (Å²) < 4.78 is 30.2. The Morgan fingerprint density at radius 3 is 2.36 bits per heavy atom. The molecule has 3 fully saturated rings. The number of fused-ring (bicyclic) bond motifs is 2. The number of aryl methyl sites for hydroxylation is 1. The SMILES string of the molecule is [B]OC(=O)C1=C(C[N+]23CCC[C@H]2CN(C(=O)OC(C)(C)C)CC3)CS(=O)[C@@H]2[C@H](CC(=O)/C(=N\OC(C)(C)C(=O)OC(C)(C)C)c3csc(C)n3)C(=O)N12. The minimum absolute atomic E-state index is 0.0223. The molecule has 288 valence electrons. The van der Waals surface area contributed by atoms with Crippen LogP contribution in [0.1, 0.15) is 85.4 Å². The van der Waals surface area contributed by atoms with Crippen molar-refractivity contribution in [2.45, 2.75) is 110 Å². The van der Waals surface area contributed by atoms with Crippen LogP contribution < -0.4 is 0 Å². The molecule has 0 saturated carbocycles. The van der Waals surface area contributed by atoms with Gasteiger partial charge in [-0.3, -0.25) is 23.6 Å². The third-order valence-corrected chi connectivity index (χ3v) is 12.2. The highest BCUT2D eigenvalue weighted by Gasteiger charge is 2.58. The third kappa shape index (κ3) is 8.69. The number of carbonyl (C=O) groups excluding carboxylic acids is 5. The second-order valence-corrected chi connectivity index (χ2v) is 19.2. The lowest BCUT2D eigenvalue weighted by Gasteiger charge is -2.51. The van der Waals surface area contributed by atoms with Crippen LogP contribution in [0.3, 0.4) is 0 Å². The zero-order chi connectivity index (χ0) is 39.3. The lowest BCUT2D eigenvalue weighted by molar-refractivity contribution is -0.938. The van der Waals surface area contributed by atoms with E-state index in [1.165, 1.54) is 25.2 Å². The Hall–Kier alpha value is -3.64. The van der Waals surface area contributed by atoms with Crippen LogP contribution in [0.5, 0.6) is 0 Å². The summed E-state index contributed by atoms with van der Waals surface area (Å²) in [5.74, 6) is -3.90. The van der Waals surface area contributed by atoms with Crippen molar-refractivity contribution in [3.8, 4) is 0 Å². The Morgan fingerprint density at radius 2 is 1.75 bits per heavy atom. The number of β-lactam (4-membered cyclic amide) rings is 1. The molecular weight excluding hydrogens is 725 g/mol. The second-order valence-electron chi connectivity index (χ2n) is 16.6. The van der Waals surface area contributed by atoms with Gasteiger partial charge in [-0.05, 0) is 62.3 Å². The number of quaternary nitrogens is 1. The number of rotatable bonds is 10. The third-order valence-electron chi connectivity index (χ3n) is 9.72. The predicted molar refractivity (Wildman–Crippen MR) is 196 cm³/mol. The van der Waals surface area contributed by atoms with Gasteiger partial charge >= 0.3 is 26.1 Å². The maximum atomic E-state index is 14.0. The van der Waals surface area contributed by atoms with Gasteiger partial charge in [0.25, 0.3) is 0 Å². The summed E-state index contributed by atoms with van der Waals surface area (Å²) in [7, 11) is 3.69. The van der Waals surface area contributed by atoms with Crippen molar-refractivity contribution in [2.24, 2.45) is 11.1 Å². The Bertz CT molecular complexity index is 1760. The number of thiazole rings is 1. The van der Waals surface area contributed by atoms with Gasteiger partial charge in [0.2, 0.25) is 11.5 Å². The van der Waals surface area contributed by atoms with Crippen molar-refractivity contribution >= 4 is 65.6 Å². The van der Waals surface area contributed by atoms with Crippen LogP contribution in [0.25, 0.3) is 0 Å². The van der Waals surface area contributed by atoms with Gasteiger partial charge in [-0.2, -0.15) is 0 Å². The number of hydrogen-bond acceptors (Lipinski definition) is 13. The van der Waals surface area contributed by atoms with Gasteiger partial charge in [0, 0.05) is 41.0 Å². The number of amides is 2. The van der Waals surface area contributed by atoms with Gasteiger partial charge in [0.1, 0.15) is 40.6 Å². The number of hydrogen-bond donors (Lipinski definition) is 0. The summed E-state index contributed by atoms with van der Waals surface area (Å²) in [6, 6.07) is 0.0529. The number of oxime groups is 1. The smallest absolute Gasteiger partial charge is 0.410 e. The monoisotopic (exact) mass is 774 g/mol. The van der Waals surface area contributed by atoms with Crippen molar-refractivity contribution in [3.63, 3.8) is 0 Å². The van der Waals surface area contributed by atoms with Gasteiger partial charge in [0.05, 0.1) is 42.9 Å². The average Bonchev–Trinajstić information content (AvgIpc) is 3.67. The van der Waals surface area contributed by atoms with Crippen LogP contribution in [0.4, 0.5) is 4.79 Å². The van der Waals surface area contributed by atoms with E-state index in [-0.39, 0.29) is 35.0 Å². The first-order chi connectivity index (χ1) is 24.6. The van der Waals surface area contributed by atoms with Gasteiger partial charge in [-0.15, -0.1) is 11.3 Å². The van der Waals surface area contributed by atoms with Crippen molar-refractivity contribution in [3.05, 3.63) is 27.4 Å². The molecule has 0 spiro atoms. The van der Waals surface area contributed by atoms with Crippen LogP contribution in [0, 0.1) is 12.8 Å². The Morgan fingerprint density at radius 1 is 1.08 bits per heavy atom. The normalized spacial score (nSPS) is 26.4. The first-order valence-electron chi connectivity index (χ1n) is 17.7. The number of carbonyl (C=O) groups is 5. The van der Waals surface area contributed by atoms with E-state index >= 15 is 0 Å². The molecule has 4 aliphatic rings. The average molecular weight is 775 g/mol. The number of esters is 1. The van der Waals surface area contributed by atoms with Crippen molar-refractivity contribution in [1.29, 1.82) is 0 Å². The molecular formula is C35H49BN5O10S2+. The highest BCUT2D eigenvalue weighted by molar-refractivity contribution is 7.86. The summed E-state index contributed by atoms with van der Waals surface area (Å²) in [6.07, 6.45) is 0.970. The fourth-order valence-electron chi connectivity index (χ4n) is 7.25. The highest BCUT2D eigenvalue weighted by Crippen LogP contribution is 2.43. The number of ketones is 1. The van der Waals surface area contributed by atoms with E-state index in [4.69, 9.17) is 22.4 Å². The molecule has 5 heterocycles. The lowest BCUT2D eigenvalue weighted by Crippen LogP contribution is -2.68. The molecule has 5 atom stereocenters. The second kappa shape index (κ2) is 14.9. The van der Waals surface area contributed by atoms with Gasteiger partial charge in [-0.25, -0.2) is 19.4 Å². The quantitative estimate of drug-likeness (QED) is 0.0856. The molecule has 2 amide bonds. The summed E-state index contributed by atoms with van der Waals surface area (Å²) in [6.45, 7) is 17.9. The van der Waals surface area contributed by atoms with Gasteiger partial charge in [-0.1, -0.05) is 5.16 Å². The molecule has 2 radical (unpaired) electrons. The number of ether oxygens (including phenoxy) is 2. The minimum Gasteiger partial charge on any atom is -0.539 e. The van der Waals surface area contributed by atoms with E-state index in [1.807, 2.05) is 20.8 Å². The number of piperazine rings is 1. The van der Waals surface area contributed by atoms with Crippen LogP contribution in [0.2, 0.25) is 0 Å². The number of nitrogens with zero attached hydrogens (tertiary/aromatic N) is 5. The zero-order valence-electron chi connectivity index (χ0n) is 31.9. The molecule has 15 nitrogen and oxygen atoms in total. The maximum Gasteiger partial charge on any atom is 0.410 e. The maximum absolute atomic E-state index is 14.0. The van der Waals surface area contributed by atoms with E-state index in [9.17, 15) is 28.2 Å². The van der Waals surface area contributed by atoms with Gasteiger partial charge in [0.15, 0.2) is 11.5 Å². The Balaban J connectivity index is 1.37. The first-order valence-corrected chi connectivity index (χ1v) is 19.9. The zero-order valence-corrected chi connectivity index (χ0v) is 33.5. The van der Waals surface area contributed by atoms with Crippen molar-refractivity contribution in [1.82, 2.24) is 14.8 Å². The molecule has 3 saturated heterocycles. The van der Waals surface area contributed by atoms with E-state index in [2.05, 4.69) is 14.8 Å². The topological polar surface area (TPSA) is 171 Å². The van der Waals surface area contributed by atoms with E-state index in [0.29, 0.717) is 41.2 Å². The Kier molecular flexibility index (Phi) is 11.4. The highest BCUT2D eigenvalue weighted by atomic mass is 32.2. The van der Waals surface area contributed by atoms with Crippen LogP contribution in [-0.2, 0) is 48.9 Å². The van der Waals surface area contributed by atoms with E-state index < -0.39 is 68.9 Å². The van der Waals surface area contributed by atoms with Crippen LogP contribution in [-0.4, -0.2) is 134 Å². The molecule has 1 aromatic heterocycles. The van der Waals surface area contributed by atoms with Crippen LogP contribution >= 0.6 is 11.3 Å². The summed E-state index contributed by atoms with van der Waals surface area (Å²) in [5, 5.41) is 5.33. The number of aromatic nitrogens is 1. The molecule has 0 aromatic carbocycles. The molecule has 1 aromatic rings. The summed E-state index contributed by atoms with van der Waals surface area (Å²) in [4.78, 5) is 79.5. The van der Waals surface area contributed by atoms with Crippen molar-refractivity contribution in [2.75, 3.05) is 38.5 Å². The summed E-state index contributed by atoms with van der Waals surface area (Å²) in [5.41, 5.74) is -2.57. The fraction of sp³-hybridized carbons (Fsp3) is 0.686. The standard InChI is InChI=1S/C35H49BN5O10S2/c1-20-37-24(18-52-20)26(38-51-35(8,9)31(45)48-33(2,3)4)25(42)15-23-28(43)40-27(30(44)50-36)21(19-53(47)29(23)40)17-41-13-10-11-22(41)16-39(12-14-41)32(46)49-34(5,6)7/h18,22-23,29H,10-17,19H2,1-9H3/q+1/b38-26-/t22-,23+,29+,41?,53?/m0/s1. The molecule has 5 rings (SSSR count). The summed E-state index contributed by atoms with van der Waals surface area (Å²) >= 11 is 1.27. The molecule has 2 unspecified atom stereocenters. The van der Waals surface area contributed by atoms with E-state index in [1.54, 1.807) is 38.0 Å². The molecule has 0 bridgehead atoms. The minimum atomic E-state index is -1.69.